The van der Waals surface area contributed by atoms with Gasteiger partial charge in [-0.2, -0.15) is 4.98 Å². The second-order valence-corrected chi connectivity index (χ2v) is 5.51. The maximum atomic E-state index is 4.55. The van der Waals surface area contributed by atoms with E-state index in [0.717, 1.165) is 17.1 Å². The Bertz CT molecular complexity index is 817. The lowest BCUT2D eigenvalue weighted by Crippen LogP contribution is -2.17. The molecular formula is C14H12N6S. The first-order valence-electron chi connectivity index (χ1n) is 6.61. The Kier molecular flexibility index (Phi) is 2.97. The highest BCUT2D eigenvalue weighted by atomic mass is 32.1. The highest BCUT2D eigenvalue weighted by molar-refractivity contribution is 7.13. The molecule has 1 N–H and O–H groups in total. The van der Waals surface area contributed by atoms with Crippen LogP contribution in [0.4, 0.5) is 5.95 Å². The van der Waals surface area contributed by atoms with Crippen molar-refractivity contribution in [3.63, 3.8) is 0 Å². The van der Waals surface area contributed by atoms with Gasteiger partial charge in [0.25, 0.3) is 0 Å². The second-order valence-electron chi connectivity index (χ2n) is 4.62. The molecule has 0 saturated carbocycles. The van der Waals surface area contributed by atoms with Crippen LogP contribution in [0, 0.1) is 0 Å². The van der Waals surface area contributed by atoms with Gasteiger partial charge in [0.05, 0.1) is 6.04 Å². The van der Waals surface area contributed by atoms with Crippen LogP contribution in [0.25, 0.3) is 16.3 Å². The number of aromatic nitrogens is 5. The zero-order chi connectivity index (χ0) is 14.1. The standard InChI is InChI=1S/C14H12N6S/c1-2-4-10(5-3-1)17-14-18-12-11(13-16-7-9-21-13)15-6-8-20(12)19-14/h1-4,6-10H,5H2,(H,17,19). The third-order valence-electron chi connectivity index (χ3n) is 3.18. The van der Waals surface area contributed by atoms with E-state index in [9.17, 15) is 0 Å². The van der Waals surface area contributed by atoms with E-state index < -0.39 is 0 Å². The summed E-state index contributed by atoms with van der Waals surface area (Å²) in [6, 6.07) is 0.226. The Balaban J connectivity index is 1.71. The van der Waals surface area contributed by atoms with Gasteiger partial charge < -0.3 is 5.32 Å². The molecule has 3 aromatic heterocycles. The predicted molar refractivity (Wildman–Crippen MR) is 82.2 cm³/mol. The van der Waals surface area contributed by atoms with Gasteiger partial charge in [0.15, 0.2) is 5.65 Å². The van der Waals surface area contributed by atoms with Crippen LogP contribution in [-0.2, 0) is 0 Å². The Morgan fingerprint density at radius 3 is 3.05 bits per heavy atom. The van der Waals surface area contributed by atoms with E-state index in [1.54, 1.807) is 34.4 Å². The number of rotatable bonds is 3. The van der Waals surface area contributed by atoms with Gasteiger partial charge in [-0.1, -0.05) is 24.3 Å². The van der Waals surface area contributed by atoms with Gasteiger partial charge in [0.1, 0.15) is 10.7 Å². The average Bonchev–Trinajstić information content (AvgIpc) is 3.16. The number of hydrogen-bond acceptors (Lipinski definition) is 6. The lowest BCUT2D eigenvalue weighted by molar-refractivity contribution is 0.854. The molecule has 0 amide bonds. The molecule has 6 nitrogen and oxygen atoms in total. The molecule has 0 bridgehead atoms. The fraction of sp³-hybridized carbons (Fsp3) is 0.143. The van der Waals surface area contributed by atoms with E-state index in [-0.39, 0.29) is 6.04 Å². The summed E-state index contributed by atoms with van der Waals surface area (Å²) in [6.07, 6.45) is 14.5. The number of allylic oxidation sites excluding steroid dienone is 2. The van der Waals surface area contributed by atoms with Gasteiger partial charge in [0.2, 0.25) is 5.95 Å². The summed E-state index contributed by atoms with van der Waals surface area (Å²) in [7, 11) is 0. The maximum absolute atomic E-state index is 4.55. The largest absolute Gasteiger partial charge is 0.346 e. The van der Waals surface area contributed by atoms with Crippen LogP contribution >= 0.6 is 11.3 Å². The van der Waals surface area contributed by atoms with E-state index in [1.165, 1.54) is 0 Å². The maximum Gasteiger partial charge on any atom is 0.243 e. The summed E-state index contributed by atoms with van der Waals surface area (Å²) in [5.41, 5.74) is 1.47. The first-order valence-corrected chi connectivity index (χ1v) is 7.49. The first kappa shape index (κ1) is 12.2. The lowest BCUT2D eigenvalue weighted by atomic mass is 10.1. The monoisotopic (exact) mass is 296 g/mol. The van der Waals surface area contributed by atoms with E-state index in [0.29, 0.717) is 11.6 Å². The fourth-order valence-electron chi connectivity index (χ4n) is 2.22. The van der Waals surface area contributed by atoms with Gasteiger partial charge in [0, 0.05) is 24.0 Å². The van der Waals surface area contributed by atoms with E-state index in [2.05, 4.69) is 37.5 Å². The molecule has 3 aromatic rings. The summed E-state index contributed by atoms with van der Waals surface area (Å²) in [6.45, 7) is 0. The lowest BCUT2D eigenvalue weighted by Gasteiger charge is -2.12. The molecule has 1 aliphatic rings. The van der Waals surface area contributed by atoms with Gasteiger partial charge in [-0.15, -0.1) is 16.4 Å². The molecule has 0 radical (unpaired) electrons. The molecule has 0 spiro atoms. The molecular weight excluding hydrogens is 284 g/mol. The number of nitrogens with zero attached hydrogens (tertiary/aromatic N) is 5. The van der Waals surface area contributed by atoms with Crippen molar-refractivity contribution in [2.24, 2.45) is 0 Å². The third-order valence-corrected chi connectivity index (χ3v) is 3.96. The summed E-state index contributed by atoms with van der Waals surface area (Å²) in [4.78, 5) is 13.2. The van der Waals surface area contributed by atoms with Crippen molar-refractivity contribution in [2.75, 3.05) is 5.32 Å². The van der Waals surface area contributed by atoms with Crippen molar-refractivity contribution in [2.45, 2.75) is 12.5 Å². The molecule has 104 valence electrons. The molecule has 1 aliphatic carbocycles. The van der Waals surface area contributed by atoms with Gasteiger partial charge in [-0.3, -0.25) is 0 Å². The fourth-order valence-corrected chi connectivity index (χ4v) is 2.85. The average molecular weight is 296 g/mol. The molecule has 1 atom stereocenters. The minimum Gasteiger partial charge on any atom is -0.346 e. The van der Waals surface area contributed by atoms with E-state index in [1.807, 2.05) is 17.5 Å². The molecule has 0 aliphatic heterocycles. The van der Waals surface area contributed by atoms with Crippen molar-refractivity contribution < 1.29 is 0 Å². The SMILES string of the molecule is C1=CCC(Nc2nc3c(-c4nccs4)nccn3n2)C=C1. The first-order chi connectivity index (χ1) is 10.4. The number of hydrogen-bond donors (Lipinski definition) is 1. The Hall–Kier alpha value is -2.54. The highest BCUT2D eigenvalue weighted by Crippen LogP contribution is 2.23. The van der Waals surface area contributed by atoms with Crippen LogP contribution in [0.15, 0.2) is 48.3 Å². The number of nitrogens with one attached hydrogen (secondary N) is 1. The molecule has 0 aromatic carbocycles. The second kappa shape index (κ2) is 5.10. The van der Waals surface area contributed by atoms with E-state index >= 15 is 0 Å². The van der Waals surface area contributed by atoms with Gasteiger partial charge in [-0.25, -0.2) is 14.5 Å². The summed E-state index contributed by atoms with van der Waals surface area (Å²) < 4.78 is 1.73. The van der Waals surface area contributed by atoms with Crippen molar-refractivity contribution >= 4 is 22.9 Å². The van der Waals surface area contributed by atoms with Gasteiger partial charge >= 0.3 is 0 Å². The van der Waals surface area contributed by atoms with E-state index in [4.69, 9.17) is 0 Å². The van der Waals surface area contributed by atoms with Crippen LogP contribution < -0.4 is 5.32 Å². The van der Waals surface area contributed by atoms with Crippen molar-refractivity contribution in [3.05, 3.63) is 48.3 Å². The summed E-state index contributed by atoms with van der Waals surface area (Å²) in [5, 5.41) is 10.5. The van der Waals surface area contributed by atoms with Crippen LogP contribution in [0.2, 0.25) is 0 Å². The quantitative estimate of drug-likeness (QED) is 0.804. The van der Waals surface area contributed by atoms with Crippen LogP contribution in [0.1, 0.15) is 6.42 Å². The Labute approximate surface area is 124 Å². The minimum absolute atomic E-state index is 0.226. The number of thiazole rings is 1. The minimum atomic E-state index is 0.226. The van der Waals surface area contributed by atoms with Crippen LogP contribution in [0.3, 0.4) is 0 Å². The zero-order valence-electron chi connectivity index (χ0n) is 11.0. The molecule has 0 fully saturated rings. The van der Waals surface area contributed by atoms with Crippen molar-refractivity contribution in [1.82, 2.24) is 24.6 Å². The van der Waals surface area contributed by atoms with Crippen LogP contribution in [0.5, 0.6) is 0 Å². The molecule has 7 heteroatoms. The zero-order valence-corrected chi connectivity index (χ0v) is 11.9. The van der Waals surface area contributed by atoms with Crippen molar-refractivity contribution in [3.8, 4) is 10.7 Å². The number of fused-ring (bicyclic) bond motifs is 1. The molecule has 0 saturated heterocycles. The van der Waals surface area contributed by atoms with Crippen molar-refractivity contribution in [1.29, 1.82) is 0 Å². The summed E-state index contributed by atoms with van der Waals surface area (Å²) >= 11 is 1.54. The Morgan fingerprint density at radius 2 is 2.24 bits per heavy atom. The van der Waals surface area contributed by atoms with Crippen LogP contribution in [-0.4, -0.2) is 30.6 Å². The third kappa shape index (κ3) is 2.31. The molecule has 4 rings (SSSR count). The Morgan fingerprint density at radius 1 is 1.24 bits per heavy atom. The smallest absolute Gasteiger partial charge is 0.243 e. The normalized spacial score (nSPS) is 17.4. The molecule has 3 heterocycles. The number of anilines is 1. The molecule has 21 heavy (non-hydrogen) atoms. The summed E-state index contributed by atoms with van der Waals surface area (Å²) in [5.74, 6) is 0.603. The molecule has 1 unspecified atom stereocenters. The topological polar surface area (TPSA) is 68.0 Å². The van der Waals surface area contributed by atoms with Gasteiger partial charge in [-0.05, 0) is 6.42 Å². The predicted octanol–water partition coefficient (Wildman–Crippen LogP) is 2.54. The highest BCUT2D eigenvalue weighted by Gasteiger charge is 2.14.